The van der Waals surface area contributed by atoms with Crippen molar-refractivity contribution in [1.29, 1.82) is 0 Å². The quantitative estimate of drug-likeness (QED) is 0.638. The number of hydrogen-bond acceptors (Lipinski definition) is 4. The van der Waals surface area contributed by atoms with E-state index in [2.05, 4.69) is 28.9 Å². The van der Waals surface area contributed by atoms with Crippen LogP contribution in [0.3, 0.4) is 0 Å². The van der Waals surface area contributed by atoms with Crippen LogP contribution in [-0.4, -0.2) is 54.2 Å². The fraction of sp³-hybridized carbons (Fsp3) is 0.400. The van der Waals surface area contributed by atoms with Gasteiger partial charge in [-0.25, -0.2) is 0 Å². The highest BCUT2D eigenvalue weighted by molar-refractivity contribution is 7.99. The van der Waals surface area contributed by atoms with E-state index in [9.17, 15) is 0 Å². The van der Waals surface area contributed by atoms with Crippen molar-refractivity contribution < 1.29 is 5.11 Å². The second-order valence-electron chi connectivity index (χ2n) is 6.64. The number of halogens is 3. The van der Waals surface area contributed by atoms with Crippen LogP contribution in [0.2, 0.25) is 15.1 Å². The van der Waals surface area contributed by atoms with Gasteiger partial charge in [0.05, 0.1) is 16.7 Å². The maximum atomic E-state index is 9.12. The average Bonchev–Trinajstić information content (AvgIpc) is 2.66. The van der Waals surface area contributed by atoms with E-state index < -0.39 is 0 Å². The van der Waals surface area contributed by atoms with Crippen LogP contribution in [0.25, 0.3) is 0 Å². The van der Waals surface area contributed by atoms with Crippen molar-refractivity contribution in [2.24, 2.45) is 0 Å². The van der Waals surface area contributed by atoms with Crippen LogP contribution in [0.1, 0.15) is 18.5 Å². The van der Waals surface area contributed by atoms with Crippen molar-refractivity contribution in [2.75, 3.05) is 39.3 Å². The number of aliphatic hydroxyl groups is 1. The normalized spacial score (nSPS) is 17.2. The minimum atomic E-state index is 0.217. The van der Waals surface area contributed by atoms with E-state index in [0.717, 1.165) is 42.6 Å². The largest absolute Gasteiger partial charge is 0.395 e. The molecule has 1 N–H and O–H groups in total. The molecule has 3 nitrogen and oxygen atoms in total. The molecule has 1 aliphatic rings. The first kappa shape index (κ1) is 21.3. The molecule has 2 aromatic rings. The van der Waals surface area contributed by atoms with E-state index in [-0.39, 0.29) is 12.6 Å². The molecular formula is C20H23Cl3N2OS. The first-order valence-corrected chi connectivity index (χ1v) is 10.9. The predicted molar refractivity (Wildman–Crippen MR) is 116 cm³/mol. The number of rotatable bonds is 6. The van der Waals surface area contributed by atoms with E-state index in [4.69, 9.17) is 39.9 Å². The van der Waals surface area contributed by atoms with Gasteiger partial charge in [-0.2, -0.15) is 0 Å². The average molecular weight is 446 g/mol. The topological polar surface area (TPSA) is 26.7 Å². The first-order chi connectivity index (χ1) is 13.0. The molecule has 3 rings (SSSR count). The third kappa shape index (κ3) is 5.54. The third-order valence-electron chi connectivity index (χ3n) is 4.91. The van der Waals surface area contributed by atoms with Gasteiger partial charge in [-0.15, -0.1) is 0 Å². The molecule has 0 radical (unpaired) electrons. The Morgan fingerprint density at radius 3 is 2.41 bits per heavy atom. The molecule has 1 heterocycles. The fourth-order valence-electron chi connectivity index (χ4n) is 3.32. The fourth-order valence-corrected chi connectivity index (χ4v) is 4.91. The van der Waals surface area contributed by atoms with Crippen molar-refractivity contribution in [3.63, 3.8) is 0 Å². The molecule has 0 bridgehead atoms. The number of nitrogens with zero attached hydrogens (tertiary/aromatic N) is 2. The second kappa shape index (κ2) is 9.84. The Morgan fingerprint density at radius 1 is 1.00 bits per heavy atom. The Bertz CT molecular complexity index is 782. The minimum absolute atomic E-state index is 0.217. The summed E-state index contributed by atoms with van der Waals surface area (Å²) >= 11 is 20.2. The monoisotopic (exact) mass is 444 g/mol. The van der Waals surface area contributed by atoms with Gasteiger partial charge in [0.15, 0.2) is 0 Å². The van der Waals surface area contributed by atoms with E-state index in [1.807, 2.05) is 24.3 Å². The van der Waals surface area contributed by atoms with Crippen molar-refractivity contribution in [1.82, 2.24) is 9.80 Å². The smallest absolute Gasteiger partial charge is 0.0603 e. The van der Waals surface area contributed by atoms with Crippen molar-refractivity contribution in [3.8, 4) is 0 Å². The zero-order valence-corrected chi connectivity index (χ0v) is 18.3. The molecule has 1 saturated heterocycles. The highest BCUT2D eigenvalue weighted by Crippen LogP contribution is 2.38. The van der Waals surface area contributed by atoms with E-state index >= 15 is 0 Å². The lowest BCUT2D eigenvalue weighted by Gasteiger charge is -2.38. The van der Waals surface area contributed by atoms with Gasteiger partial charge in [-0.05, 0) is 48.9 Å². The maximum Gasteiger partial charge on any atom is 0.0603 e. The summed E-state index contributed by atoms with van der Waals surface area (Å²) in [5.74, 6) is 0. The Morgan fingerprint density at radius 2 is 1.74 bits per heavy atom. The van der Waals surface area contributed by atoms with Crippen molar-refractivity contribution >= 4 is 46.6 Å². The summed E-state index contributed by atoms with van der Waals surface area (Å²) in [6.45, 7) is 7.09. The molecule has 7 heteroatoms. The SMILES string of the molecule is C[C@@H](c1cc(Cl)ccc1Sc1ccc(Cl)c(Cl)c1)N1CCN(CCO)CC1. The molecule has 1 fully saturated rings. The van der Waals surface area contributed by atoms with Gasteiger partial charge in [0, 0.05) is 53.6 Å². The van der Waals surface area contributed by atoms with Gasteiger partial charge >= 0.3 is 0 Å². The number of benzene rings is 2. The molecule has 0 amide bonds. The molecule has 0 unspecified atom stereocenters. The zero-order valence-electron chi connectivity index (χ0n) is 15.2. The van der Waals surface area contributed by atoms with Crippen LogP contribution in [0.4, 0.5) is 0 Å². The molecule has 1 atom stereocenters. The molecule has 0 aliphatic carbocycles. The second-order valence-corrected chi connectivity index (χ2v) is 9.00. The predicted octanol–water partition coefficient (Wildman–Crippen LogP) is 5.47. The Kier molecular flexibility index (Phi) is 7.74. The highest BCUT2D eigenvalue weighted by Gasteiger charge is 2.24. The van der Waals surface area contributed by atoms with Crippen LogP contribution in [0.5, 0.6) is 0 Å². The molecular weight excluding hydrogens is 423 g/mol. The van der Waals surface area contributed by atoms with Crippen molar-refractivity contribution in [2.45, 2.75) is 22.8 Å². The minimum Gasteiger partial charge on any atom is -0.395 e. The van der Waals surface area contributed by atoms with Gasteiger partial charge in [-0.1, -0.05) is 46.6 Å². The summed E-state index contributed by atoms with van der Waals surface area (Å²) in [6.07, 6.45) is 0. The van der Waals surface area contributed by atoms with Crippen LogP contribution < -0.4 is 0 Å². The summed E-state index contributed by atoms with van der Waals surface area (Å²) < 4.78 is 0. The summed E-state index contributed by atoms with van der Waals surface area (Å²) in [5, 5.41) is 11.0. The molecule has 0 aromatic heterocycles. The zero-order chi connectivity index (χ0) is 19.4. The van der Waals surface area contributed by atoms with E-state index in [1.54, 1.807) is 11.8 Å². The molecule has 146 valence electrons. The molecule has 0 spiro atoms. The van der Waals surface area contributed by atoms with E-state index in [1.165, 1.54) is 10.5 Å². The van der Waals surface area contributed by atoms with Crippen LogP contribution in [0.15, 0.2) is 46.2 Å². The summed E-state index contributed by atoms with van der Waals surface area (Å²) in [7, 11) is 0. The Hall–Kier alpha value is -0.460. The van der Waals surface area contributed by atoms with Crippen LogP contribution >= 0.6 is 46.6 Å². The van der Waals surface area contributed by atoms with Gasteiger partial charge in [0.25, 0.3) is 0 Å². The first-order valence-electron chi connectivity index (χ1n) is 8.97. The molecule has 2 aromatic carbocycles. The lowest BCUT2D eigenvalue weighted by atomic mass is 10.1. The number of β-amino-alcohol motifs (C(OH)–C–C–N with tert-alkyl or cyclic N) is 1. The Balaban J connectivity index is 1.78. The molecule has 1 aliphatic heterocycles. The maximum absolute atomic E-state index is 9.12. The highest BCUT2D eigenvalue weighted by atomic mass is 35.5. The van der Waals surface area contributed by atoms with E-state index in [0.29, 0.717) is 10.0 Å². The summed E-state index contributed by atoms with van der Waals surface area (Å²) in [4.78, 5) is 6.99. The summed E-state index contributed by atoms with van der Waals surface area (Å²) in [6, 6.07) is 12.0. The number of aliphatic hydroxyl groups excluding tert-OH is 1. The molecule has 27 heavy (non-hydrogen) atoms. The summed E-state index contributed by atoms with van der Waals surface area (Å²) in [5.41, 5.74) is 1.22. The third-order valence-corrected chi connectivity index (χ3v) is 6.97. The number of piperazine rings is 1. The van der Waals surface area contributed by atoms with Gasteiger partial charge in [0.1, 0.15) is 0 Å². The van der Waals surface area contributed by atoms with Gasteiger partial charge in [0.2, 0.25) is 0 Å². The van der Waals surface area contributed by atoms with Crippen LogP contribution in [-0.2, 0) is 0 Å². The lowest BCUT2D eigenvalue weighted by Crippen LogP contribution is -2.47. The Labute approximate surface area is 180 Å². The van der Waals surface area contributed by atoms with Crippen molar-refractivity contribution in [3.05, 3.63) is 57.0 Å². The standard InChI is InChI=1S/C20H23Cl3N2OS/c1-14(25-8-6-24(7-9-25)10-11-26)17-12-15(21)2-5-20(17)27-16-3-4-18(22)19(23)13-16/h2-5,12-14,26H,6-11H2,1H3/t14-/m0/s1. The lowest BCUT2D eigenvalue weighted by molar-refractivity contribution is 0.0881. The van der Waals surface area contributed by atoms with Gasteiger partial charge < -0.3 is 5.11 Å². The van der Waals surface area contributed by atoms with Crippen LogP contribution in [0, 0.1) is 0 Å². The van der Waals surface area contributed by atoms with Gasteiger partial charge in [-0.3, -0.25) is 9.80 Å². The number of hydrogen-bond donors (Lipinski definition) is 1. The molecule has 0 saturated carbocycles.